The Balaban J connectivity index is 1.39. The number of methoxy groups -OCH3 is 1. The monoisotopic (exact) mass is 389 g/mol. The highest BCUT2D eigenvalue weighted by Gasteiger charge is 2.21. The number of aromatic nitrogens is 2. The predicted octanol–water partition coefficient (Wildman–Crippen LogP) is 5.05. The normalized spacial score (nSPS) is 14.6. The maximum atomic E-state index is 5.98. The van der Waals surface area contributed by atoms with Crippen LogP contribution >= 0.6 is 0 Å². The Kier molecular flexibility index (Phi) is 5.94. The minimum absolute atomic E-state index is 0.531. The summed E-state index contributed by atoms with van der Waals surface area (Å²) in [6.45, 7) is 4.03. The van der Waals surface area contributed by atoms with Crippen molar-refractivity contribution in [1.82, 2.24) is 9.97 Å². The maximum absolute atomic E-state index is 5.98. The van der Waals surface area contributed by atoms with Crippen molar-refractivity contribution in [3.8, 4) is 17.4 Å². The van der Waals surface area contributed by atoms with E-state index in [0.29, 0.717) is 17.4 Å². The molecule has 1 aliphatic heterocycles. The summed E-state index contributed by atoms with van der Waals surface area (Å²) in [5.41, 5.74) is 2.55. The maximum Gasteiger partial charge on any atom is 0.224 e. The van der Waals surface area contributed by atoms with Gasteiger partial charge >= 0.3 is 0 Å². The predicted molar refractivity (Wildman–Crippen MR) is 115 cm³/mol. The van der Waals surface area contributed by atoms with Crippen molar-refractivity contribution in [3.63, 3.8) is 0 Å². The van der Waals surface area contributed by atoms with Gasteiger partial charge in [-0.05, 0) is 55.4 Å². The van der Waals surface area contributed by atoms with Gasteiger partial charge in [0.05, 0.1) is 7.11 Å². The van der Waals surface area contributed by atoms with Crippen molar-refractivity contribution in [2.24, 2.45) is 5.92 Å². The van der Waals surface area contributed by atoms with Crippen LogP contribution in [0.5, 0.6) is 17.4 Å². The van der Waals surface area contributed by atoms with Gasteiger partial charge in [0.2, 0.25) is 5.88 Å². The lowest BCUT2D eigenvalue weighted by molar-refractivity contribution is 0.373. The van der Waals surface area contributed by atoms with Crippen LogP contribution in [-0.4, -0.2) is 30.2 Å². The van der Waals surface area contributed by atoms with E-state index in [9.17, 15) is 0 Å². The SMILES string of the molecule is COc1cc(C)ccc1Oc1cc(N2CCC(Cc3ccccc3)CC2)ncn1. The minimum Gasteiger partial charge on any atom is -0.493 e. The molecule has 1 aliphatic rings. The van der Waals surface area contributed by atoms with E-state index in [1.54, 1.807) is 13.4 Å². The molecule has 150 valence electrons. The Morgan fingerprint density at radius 2 is 1.76 bits per heavy atom. The van der Waals surface area contributed by atoms with Crippen LogP contribution in [0.3, 0.4) is 0 Å². The van der Waals surface area contributed by atoms with E-state index in [4.69, 9.17) is 9.47 Å². The molecule has 0 bridgehead atoms. The molecule has 1 saturated heterocycles. The van der Waals surface area contributed by atoms with Crippen molar-refractivity contribution in [1.29, 1.82) is 0 Å². The lowest BCUT2D eigenvalue weighted by Crippen LogP contribution is -2.34. The van der Waals surface area contributed by atoms with Crippen LogP contribution in [0.2, 0.25) is 0 Å². The summed E-state index contributed by atoms with van der Waals surface area (Å²) < 4.78 is 11.4. The number of rotatable bonds is 6. The summed E-state index contributed by atoms with van der Waals surface area (Å²) >= 11 is 0. The molecule has 3 aromatic rings. The summed E-state index contributed by atoms with van der Waals surface area (Å²) in [6, 6.07) is 18.5. The number of piperidine rings is 1. The van der Waals surface area contributed by atoms with Gasteiger partial charge in [0.25, 0.3) is 0 Å². The molecule has 5 nitrogen and oxygen atoms in total. The summed E-state index contributed by atoms with van der Waals surface area (Å²) in [4.78, 5) is 11.1. The third kappa shape index (κ3) is 4.86. The Morgan fingerprint density at radius 1 is 0.966 bits per heavy atom. The average molecular weight is 389 g/mol. The third-order valence-electron chi connectivity index (χ3n) is 5.47. The molecule has 2 heterocycles. The van der Waals surface area contributed by atoms with E-state index in [1.165, 1.54) is 18.4 Å². The highest BCUT2D eigenvalue weighted by atomic mass is 16.5. The second-order valence-corrected chi connectivity index (χ2v) is 7.59. The molecule has 5 heteroatoms. The Hall–Kier alpha value is -3.08. The molecule has 0 unspecified atom stereocenters. The van der Waals surface area contributed by atoms with Gasteiger partial charge in [-0.3, -0.25) is 0 Å². The van der Waals surface area contributed by atoms with E-state index >= 15 is 0 Å². The van der Waals surface area contributed by atoms with Gasteiger partial charge in [0, 0.05) is 19.2 Å². The van der Waals surface area contributed by atoms with Crippen molar-refractivity contribution in [3.05, 3.63) is 72.1 Å². The molecule has 1 aromatic heterocycles. The van der Waals surface area contributed by atoms with Gasteiger partial charge in [-0.2, -0.15) is 0 Å². The number of hydrogen-bond donors (Lipinski definition) is 0. The van der Waals surface area contributed by atoms with E-state index in [2.05, 4.69) is 45.2 Å². The van der Waals surface area contributed by atoms with Crippen LogP contribution in [0, 0.1) is 12.8 Å². The zero-order chi connectivity index (χ0) is 20.1. The molecule has 0 radical (unpaired) electrons. The molecule has 0 amide bonds. The lowest BCUT2D eigenvalue weighted by Gasteiger charge is -2.32. The molecular weight excluding hydrogens is 362 g/mol. The van der Waals surface area contributed by atoms with Crippen LogP contribution in [0.25, 0.3) is 0 Å². The van der Waals surface area contributed by atoms with Gasteiger partial charge in [-0.1, -0.05) is 36.4 Å². The number of anilines is 1. The fourth-order valence-corrected chi connectivity index (χ4v) is 3.84. The van der Waals surface area contributed by atoms with E-state index in [0.717, 1.165) is 36.8 Å². The fourth-order valence-electron chi connectivity index (χ4n) is 3.84. The zero-order valence-corrected chi connectivity index (χ0v) is 17.0. The van der Waals surface area contributed by atoms with E-state index < -0.39 is 0 Å². The first-order chi connectivity index (χ1) is 14.2. The van der Waals surface area contributed by atoms with Gasteiger partial charge in [0.15, 0.2) is 11.5 Å². The first-order valence-corrected chi connectivity index (χ1v) is 10.1. The summed E-state index contributed by atoms with van der Waals surface area (Å²) in [5, 5.41) is 0. The van der Waals surface area contributed by atoms with Crippen molar-refractivity contribution >= 4 is 5.82 Å². The molecule has 0 N–H and O–H groups in total. The second-order valence-electron chi connectivity index (χ2n) is 7.59. The molecule has 0 spiro atoms. The van der Waals surface area contributed by atoms with Crippen molar-refractivity contribution in [2.75, 3.05) is 25.1 Å². The van der Waals surface area contributed by atoms with E-state index in [1.807, 2.05) is 31.2 Å². The molecule has 29 heavy (non-hydrogen) atoms. The number of hydrogen-bond acceptors (Lipinski definition) is 5. The van der Waals surface area contributed by atoms with Crippen molar-refractivity contribution in [2.45, 2.75) is 26.2 Å². The first kappa shape index (κ1) is 19.2. The van der Waals surface area contributed by atoms with Gasteiger partial charge in [0.1, 0.15) is 12.1 Å². The van der Waals surface area contributed by atoms with Crippen LogP contribution < -0.4 is 14.4 Å². The van der Waals surface area contributed by atoms with Crippen LogP contribution in [0.15, 0.2) is 60.9 Å². The average Bonchev–Trinajstić information content (AvgIpc) is 2.76. The minimum atomic E-state index is 0.531. The highest BCUT2D eigenvalue weighted by molar-refractivity contribution is 5.46. The first-order valence-electron chi connectivity index (χ1n) is 10.1. The number of nitrogens with zero attached hydrogens (tertiary/aromatic N) is 3. The topological polar surface area (TPSA) is 47.5 Å². The molecule has 1 fully saturated rings. The van der Waals surface area contributed by atoms with E-state index in [-0.39, 0.29) is 0 Å². The Morgan fingerprint density at radius 3 is 2.52 bits per heavy atom. The fraction of sp³-hybridized carbons (Fsp3) is 0.333. The zero-order valence-electron chi connectivity index (χ0n) is 17.0. The van der Waals surface area contributed by atoms with Gasteiger partial charge in [-0.25, -0.2) is 9.97 Å². The lowest BCUT2D eigenvalue weighted by atomic mass is 9.90. The summed E-state index contributed by atoms with van der Waals surface area (Å²) in [6.07, 6.45) is 5.06. The smallest absolute Gasteiger partial charge is 0.224 e. The molecule has 0 saturated carbocycles. The van der Waals surface area contributed by atoms with Gasteiger partial charge in [-0.15, -0.1) is 0 Å². The second kappa shape index (κ2) is 8.95. The third-order valence-corrected chi connectivity index (χ3v) is 5.47. The van der Waals surface area contributed by atoms with Gasteiger partial charge < -0.3 is 14.4 Å². The standard InChI is InChI=1S/C24H27N3O2/c1-18-8-9-21(22(14-18)28-2)29-24-16-23(25-17-26-24)27-12-10-20(11-13-27)15-19-6-4-3-5-7-19/h3-9,14,16-17,20H,10-13,15H2,1-2H3. The Bertz CT molecular complexity index is 938. The summed E-state index contributed by atoms with van der Waals surface area (Å²) in [7, 11) is 1.65. The largest absolute Gasteiger partial charge is 0.493 e. The molecule has 2 aromatic carbocycles. The number of benzene rings is 2. The van der Waals surface area contributed by atoms with Crippen molar-refractivity contribution < 1.29 is 9.47 Å². The summed E-state index contributed by atoms with van der Waals surface area (Å²) in [5.74, 6) is 3.53. The molecule has 0 atom stereocenters. The molecular formula is C24H27N3O2. The quantitative estimate of drug-likeness (QED) is 0.591. The molecule has 0 aliphatic carbocycles. The van der Waals surface area contributed by atoms with Crippen LogP contribution in [0.4, 0.5) is 5.82 Å². The van der Waals surface area contributed by atoms with Crippen LogP contribution in [0.1, 0.15) is 24.0 Å². The number of aryl methyl sites for hydroxylation is 1. The Labute approximate surface area is 172 Å². The molecule has 4 rings (SSSR count). The highest BCUT2D eigenvalue weighted by Crippen LogP contribution is 2.32. The van der Waals surface area contributed by atoms with Crippen LogP contribution in [-0.2, 0) is 6.42 Å². The number of ether oxygens (including phenoxy) is 2.